The first-order chi connectivity index (χ1) is 16.4. The largest absolute Gasteiger partial charge is 0.327 e. The molecule has 6 rings (SSSR count). The van der Waals surface area contributed by atoms with Crippen LogP contribution >= 0.6 is 15.9 Å². The van der Waals surface area contributed by atoms with Crippen LogP contribution in [0.4, 0.5) is 8.78 Å². The summed E-state index contributed by atoms with van der Waals surface area (Å²) < 4.78 is 30.4. The van der Waals surface area contributed by atoms with Crippen LogP contribution in [0.5, 0.6) is 0 Å². The fourth-order valence-corrected chi connectivity index (χ4v) is 6.20. The Morgan fingerprint density at radius 1 is 1.12 bits per heavy atom. The molecule has 4 heterocycles. The van der Waals surface area contributed by atoms with Crippen molar-refractivity contribution in [2.75, 3.05) is 0 Å². The van der Waals surface area contributed by atoms with Gasteiger partial charge in [0, 0.05) is 51.9 Å². The molecule has 172 valence electrons. The highest BCUT2D eigenvalue weighted by Gasteiger charge is 2.43. The van der Waals surface area contributed by atoms with Gasteiger partial charge >= 0.3 is 0 Å². The maximum absolute atomic E-state index is 14.0. The van der Waals surface area contributed by atoms with Crippen molar-refractivity contribution < 1.29 is 13.6 Å². The number of hydrogen-bond donors (Lipinski definition) is 0. The van der Waals surface area contributed by atoms with Crippen LogP contribution in [0, 0.1) is 11.6 Å². The number of pyridine rings is 1. The summed E-state index contributed by atoms with van der Waals surface area (Å²) in [7, 11) is 1.79. The first kappa shape index (κ1) is 21.4. The molecule has 0 saturated carbocycles. The molecule has 2 aromatic carbocycles. The van der Waals surface area contributed by atoms with Crippen molar-refractivity contribution in [1.82, 2.24) is 19.7 Å². The number of nitrogens with zero attached hydrogens (tertiary/aromatic N) is 4. The molecule has 1 saturated heterocycles. The zero-order valence-electron chi connectivity index (χ0n) is 18.4. The second kappa shape index (κ2) is 7.98. The number of carbonyl (C=O) groups is 1. The van der Waals surface area contributed by atoms with E-state index >= 15 is 0 Å². The van der Waals surface area contributed by atoms with Gasteiger partial charge in [0.15, 0.2) is 0 Å². The molecule has 2 bridgehead atoms. The number of fused-ring (bicyclic) bond motifs is 5. The predicted octanol–water partition coefficient (Wildman–Crippen LogP) is 5.97. The van der Waals surface area contributed by atoms with Gasteiger partial charge in [0.1, 0.15) is 11.6 Å². The molecule has 1 fully saturated rings. The number of rotatable bonds is 2. The fourth-order valence-electron chi connectivity index (χ4n) is 5.62. The monoisotopic (exact) mass is 522 g/mol. The lowest BCUT2D eigenvalue weighted by Gasteiger charge is -2.45. The van der Waals surface area contributed by atoms with Crippen LogP contribution in [0.15, 0.2) is 53.1 Å². The molecule has 0 spiro atoms. The van der Waals surface area contributed by atoms with Crippen LogP contribution < -0.4 is 0 Å². The number of aromatic nitrogens is 3. The van der Waals surface area contributed by atoms with Crippen LogP contribution in [0.25, 0.3) is 22.2 Å². The molecule has 1 amide bonds. The van der Waals surface area contributed by atoms with Crippen molar-refractivity contribution >= 4 is 32.7 Å². The Hall–Kier alpha value is -3.13. The first-order valence-electron chi connectivity index (χ1n) is 11.3. The van der Waals surface area contributed by atoms with E-state index in [4.69, 9.17) is 5.10 Å². The average Bonchev–Trinajstić information content (AvgIpc) is 3.13. The maximum atomic E-state index is 14.0. The van der Waals surface area contributed by atoms with E-state index in [2.05, 4.69) is 20.9 Å². The minimum atomic E-state index is -0.617. The summed E-state index contributed by atoms with van der Waals surface area (Å²) in [5.74, 6) is -1.26. The molecular weight excluding hydrogens is 502 g/mol. The number of aryl methyl sites for hydroxylation is 1. The van der Waals surface area contributed by atoms with Crippen LogP contribution in [-0.4, -0.2) is 31.6 Å². The van der Waals surface area contributed by atoms with Crippen molar-refractivity contribution in [3.8, 4) is 11.3 Å². The molecular formula is C26H21BrF2N4O. The van der Waals surface area contributed by atoms with Crippen molar-refractivity contribution in [2.45, 2.75) is 37.8 Å². The summed E-state index contributed by atoms with van der Waals surface area (Å²) in [6.45, 7) is 0. The van der Waals surface area contributed by atoms with Gasteiger partial charge in [-0.15, -0.1) is 0 Å². The van der Waals surface area contributed by atoms with E-state index in [0.29, 0.717) is 17.5 Å². The minimum absolute atomic E-state index is 0.00322. The van der Waals surface area contributed by atoms with Gasteiger partial charge in [-0.2, -0.15) is 5.10 Å². The van der Waals surface area contributed by atoms with Crippen molar-refractivity contribution in [3.05, 3.63) is 81.6 Å². The molecule has 8 heteroatoms. The highest BCUT2D eigenvalue weighted by Crippen LogP contribution is 2.45. The fraction of sp³-hybridized carbons (Fsp3) is 0.269. The van der Waals surface area contributed by atoms with E-state index in [-0.39, 0.29) is 18.0 Å². The topological polar surface area (TPSA) is 51.0 Å². The second-order valence-corrected chi connectivity index (χ2v) is 9.90. The summed E-state index contributed by atoms with van der Waals surface area (Å²) in [4.78, 5) is 20.2. The lowest BCUT2D eigenvalue weighted by atomic mass is 9.81. The number of piperidine rings is 1. The van der Waals surface area contributed by atoms with E-state index in [9.17, 15) is 13.6 Å². The normalized spacial score (nSPS) is 19.4. The lowest BCUT2D eigenvalue weighted by molar-refractivity contribution is 0.0392. The van der Waals surface area contributed by atoms with Gasteiger partial charge in [-0.1, -0.05) is 6.07 Å². The highest BCUT2D eigenvalue weighted by molar-refractivity contribution is 9.10. The SMILES string of the molecule is Cn1nc2c(c1-c1cc(F)cc(F)c1)C[C@H]1CCC[C@@H]2N1C(=O)c1cc(Br)c2ncccc2c1. The zero-order chi connectivity index (χ0) is 23.6. The Morgan fingerprint density at radius 2 is 1.91 bits per heavy atom. The molecule has 2 aliphatic rings. The molecule has 0 unspecified atom stereocenters. The summed E-state index contributed by atoms with van der Waals surface area (Å²) in [6, 6.07) is 10.9. The second-order valence-electron chi connectivity index (χ2n) is 9.04. The summed E-state index contributed by atoms with van der Waals surface area (Å²) in [6.07, 6.45) is 5.02. The predicted molar refractivity (Wildman–Crippen MR) is 128 cm³/mol. The van der Waals surface area contributed by atoms with Crippen LogP contribution in [0.3, 0.4) is 0 Å². The molecule has 4 aromatic rings. The molecule has 2 atom stereocenters. The summed E-state index contributed by atoms with van der Waals surface area (Å²) in [5, 5.41) is 5.66. The zero-order valence-corrected chi connectivity index (χ0v) is 20.0. The number of halogens is 3. The third-order valence-electron chi connectivity index (χ3n) is 6.95. The van der Waals surface area contributed by atoms with E-state index in [1.165, 1.54) is 12.1 Å². The third kappa shape index (κ3) is 3.35. The van der Waals surface area contributed by atoms with Gasteiger partial charge in [0.2, 0.25) is 0 Å². The van der Waals surface area contributed by atoms with Gasteiger partial charge < -0.3 is 4.90 Å². The van der Waals surface area contributed by atoms with Crippen LogP contribution in [0.2, 0.25) is 0 Å². The Bertz CT molecular complexity index is 1450. The molecule has 5 nitrogen and oxygen atoms in total. The number of amides is 1. The Labute approximate surface area is 203 Å². The van der Waals surface area contributed by atoms with Gasteiger partial charge in [-0.05, 0) is 71.9 Å². The van der Waals surface area contributed by atoms with Gasteiger partial charge in [0.25, 0.3) is 5.91 Å². The number of hydrogen-bond acceptors (Lipinski definition) is 3. The molecule has 0 N–H and O–H groups in total. The summed E-state index contributed by atoms with van der Waals surface area (Å²) >= 11 is 3.57. The first-order valence-corrected chi connectivity index (χ1v) is 12.1. The molecule has 0 aliphatic carbocycles. The Kier molecular flexibility index (Phi) is 5.02. The van der Waals surface area contributed by atoms with Crippen LogP contribution in [-0.2, 0) is 13.5 Å². The Morgan fingerprint density at radius 3 is 2.71 bits per heavy atom. The highest BCUT2D eigenvalue weighted by atomic mass is 79.9. The third-order valence-corrected chi connectivity index (χ3v) is 7.56. The maximum Gasteiger partial charge on any atom is 0.254 e. The van der Waals surface area contributed by atoms with Crippen molar-refractivity contribution in [2.24, 2.45) is 7.05 Å². The molecule has 2 aromatic heterocycles. The number of carbonyl (C=O) groups excluding carboxylic acids is 1. The van der Waals surface area contributed by atoms with Gasteiger partial charge in [-0.3, -0.25) is 14.5 Å². The smallest absolute Gasteiger partial charge is 0.254 e. The van der Waals surface area contributed by atoms with E-state index in [1.54, 1.807) is 17.9 Å². The quantitative estimate of drug-likeness (QED) is 0.326. The number of benzene rings is 2. The summed E-state index contributed by atoms with van der Waals surface area (Å²) in [5.41, 5.74) is 4.42. The van der Waals surface area contributed by atoms with E-state index < -0.39 is 11.6 Å². The molecule has 34 heavy (non-hydrogen) atoms. The van der Waals surface area contributed by atoms with Gasteiger partial charge in [0.05, 0.1) is 22.9 Å². The van der Waals surface area contributed by atoms with E-state index in [0.717, 1.165) is 57.7 Å². The minimum Gasteiger partial charge on any atom is -0.327 e. The van der Waals surface area contributed by atoms with Crippen molar-refractivity contribution in [1.29, 1.82) is 0 Å². The van der Waals surface area contributed by atoms with Crippen molar-refractivity contribution in [3.63, 3.8) is 0 Å². The van der Waals surface area contributed by atoms with Gasteiger partial charge in [-0.25, -0.2) is 8.78 Å². The standard InChI is InChI=1S/C26H21BrF2N4O/c1-32-25(15-9-17(28)12-18(29)10-15)20-13-19-5-2-6-22(24(20)31-32)33(19)26(34)16-8-14-4-3-7-30-23(14)21(27)11-16/h3-4,7-12,19,22H,2,5-6,13H2,1H3/t19-,22+/m1/s1. The van der Waals surface area contributed by atoms with E-state index in [1.807, 2.05) is 29.2 Å². The lowest BCUT2D eigenvalue weighted by Crippen LogP contribution is -2.49. The average molecular weight is 523 g/mol. The Balaban J connectivity index is 1.44. The molecule has 2 aliphatic heterocycles. The van der Waals surface area contributed by atoms with Crippen LogP contribution in [0.1, 0.15) is 46.9 Å². The molecule has 0 radical (unpaired) electrons.